The molecule has 1 aromatic heterocycles. The van der Waals surface area contributed by atoms with Crippen LogP contribution in [0.25, 0.3) is 0 Å². The molecule has 0 radical (unpaired) electrons. The molecular weight excluding hydrogens is 286 g/mol. The van der Waals surface area contributed by atoms with Crippen molar-refractivity contribution in [2.45, 2.75) is 6.42 Å². The highest BCUT2D eigenvalue weighted by Crippen LogP contribution is 2.20. The number of rotatable bonds is 4. The maximum absolute atomic E-state index is 12.3. The SMILES string of the molecule is COc1cccc(NC(=O)c2sccc2C#CCCO)c1. The molecule has 0 saturated carbocycles. The first-order chi connectivity index (χ1) is 10.2. The molecule has 21 heavy (non-hydrogen) atoms. The van der Waals surface area contributed by atoms with E-state index in [9.17, 15) is 4.79 Å². The van der Waals surface area contributed by atoms with Crippen molar-refractivity contribution in [2.75, 3.05) is 19.0 Å². The van der Waals surface area contributed by atoms with Crippen molar-refractivity contribution in [2.24, 2.45) is 0 Å². The summed E-state index contributed by atoms with van der Waals surface area (Å²) in [5, 5.41) is 13.4. The zero-order valence-electron chi connectivity index (χ0n) is 11.6. The monoisotopic (exact) mass is 301 g/mol. The topological polar surface area (TPSA) is 58.6 Å². The Morgan fingerprint density at radius 3 is 3.05 bits per heavy atom. The summed E-state index contributed by atoms with van der Waals surface area (Å²) >= 11 is 1.34. The molecule has 2 N–H and O–H groups in total. The lowest BCUT2D eigenvalue weighted by Crippen LogP contribution is -2.11. The number of benzene rings is 1. The fourth-order valence-electron chi connectivity index (χ4n) is 1.69. The lowest BCUT2D eigenvalue weighted by molar-refractivity contribution is 0.103. The minimum atomic E-state index is -0.202. The Hall–Kier alpha value is -2.29. The Morgan fingerprint density at radius 2 is 2.29 bits per heavy atom. The lowest BCUT2D eigenvalue weighted by atomic mass is 10.2. The number of thiophene rings is 1. The van der Waals surface area contributed by atoms with Gasteiger partial charge >= 0.3 is 0 Å². The van der Waals surface area contributed by atoms with E-state index in [1.165, 1.54) is 11.3 Å². The van der Waals surface area contributed by atoms with Crippen LogP contribution in [-0.4, -0.2) is 24.7 Å². The quantitative estimate of drug-likeness (QED) is 0.854. The summed E-state index contributed by atoms with van der Waals surface area (Å²) < 4.78 is 5.12. The fraction of sp³-hybridized carbons (Fsp3) is 0.188. The van der Waals surface area contributed by atoms with Crippen molar-refractivity contribution in [3.8, 4) is 17.6 Å². The van der Waals surface area contributed by atoms with Crippen molar-refractivity contribution in [1.29, 1.82) is 0 Å². The average molecular weight is 301 g/mol. The molecule has 0 aliphatic carbocycles. The number of hydrogen-bond acceptors (Lipinski definition) is 4. The van der Waals surface area contributed by atoms with Crippen LogP contribution in [0.4, 0.5) is 5.69 Å². The molecule has 2 aromatic rings. The molecule has 0 fully saturated rings. The van der Waals surface area contributed by atoms with Gasteiger partial charge in [0.25, 0.3) is 5.91 Å². The van der Waals surface area contributed by atoms with Crippen LogP contribution in [0.15, 0.2) is 35.7 Å². The van der Waals surface area contributed by atoms with Crippen LogP contribution in [0.1, 0.15) is 21.7 Å². The van der Waals surface area contributed by atoms with Crippen molar-refractivity contribution < 1.29 is 14.6 Å². The maximum Gasteiger partial charge on any atom is 0.267 e. The molecule has 1 amide bonds. The number of nitrogens with one attached hydrogen (secondary N) is 1. The van der Waals surface area contributed by atoms with Gasteiger partial charge in [0, 0.05) is 23.7 Å². The van der Waals surface area contributed by atoms with Crippen molar-refractivity contribution in [1.82, 2.24) is 0 Å². The summed E-state index contributed by atoms with van der Waals surface area (Å²) in [4.78, 5) is 12.8. The first-order valence-corrected chi connectivity index (χ1v) is 7.25. The highest BCUT2D eigenvalue weighted by Gasteiger charge is 2.12. The van der Waals surface area contributed by atoms with Gasteiger partial charge in [0.15, 0.2) is 0 Å². The van der Waals surface area contributed by atoms with Gasteiger partial charge in [-0.25, -0.2) is 0 Å². The second-order valence-electron chi connectivity index (χ2n) is 4.12. The van der Waals surface area contributed by atoms with Gasteiger partial charge in [0.1, 0.15) is 10.6 Å². The zero-order chi connectivity index (χ0) is 15.1. The van der Waals surface area contributed by atoms with E-state index in [1.54, 1.807) is 25.3 Å². The van der Waals surface area contributed by atoms with E-state index in [4.69, 9.17) is 9.84 Å². The summed E-state index contributed by atoms with van der Waals surface area (Å²) in [5.41, 5.74) is 1.34. The number of aliphatic hydroxyl groups excluding tert-OH is 1. The summed E-state index contributed by atoms with van der Waals surface area (Å²) in [6, 6.07) is 8.97. The number of aliphatic hydroxyl groups is 1. The fourth-order valence-corrected chi connectivity index (χ4v) is 2.43. The number of hydrogen-bond donors (Lipinski definition) is 2. The third-order valence-corrected chi connectivity index (χ3v) is 3.57. The minimum Gasteiger partial charge on any atom is -0.497 e. The first kappa shape index (κ1) is 15.1. The normalized spacial score (nSPS) is 9.62. The Bertz CT molecular complexity index is 682. The maximum atomic E-state index is 12.3. The Kier molecular flexibility index (Phi) is 5.38. The van der Waals surface area contributed by atoms with E-state index in [-0.39, 0.29) is 12.5 Å². The van der Waals surface area contributed by atoms with Crippen LogP contribution in [-0.2, 0) is 0 Å². The first-order valence-electron chi connectivity index (χ1n) is 6.37. The van der Waals surface area contributed by atoms with Crippen LogP contribution in [0, 0.1) is 11.8 Å². The van der Waals surface area contributed by atoms with Gasteiger partial charge in [-0.2, -0.15) is 0 Å². The van der Waals surface area contributed by atoms with Gasteiger partial charge in [0.05, 0.1) is 13.7 Å². The average Bonchev–Trinajstić information content (AvgIpc) is 2.96. The smallest absolute Gasteiger partial charge is 0.267 e. The zero-order valence-corrected chi connectivity index (χ0v) is 12.4. The Labute approximate surface area is 127 Å². The van der Waals surface area contributed by atoms with Crippen LogP contribution in [0.5, 0.6) is 5.75 Å². The summed E-state index contributed by atoms with van der Waals surface area (Å²) in [7, 11) is 1.58. The van der Waals surface area contributed by atoms with E-state index in [0.29, 0.717) is 28.3 Å². The number of carbonyl (C=O) groups is 1. The predicted octanol–water partition coefficient (Wildman–Crippen LogP) is 2.74. The number of ether oxygens (including phenoxy) is 1. The third kappa shape index (κ3) is 4.09. The van der Waals surface area contributed by atoms with E-state index < -0.39 is 0 Å². The minimum absolute atomic E-state index is 0.0163. The number of amides is 1. The van der Waals surface area contributed by atoms with Crippen molar-refractivity contribution in [3.63, 3.8) is 0 Å². The Balaban J connectivity index is 2.14. The molecule has 5 heteroatoms. The molecular formula is C16H15NO3S. The molecule has 0 saturated heterocycles. The van der Waals surface area contributed by atoms with Crippen LogP contribution in [0.2, 0.25) is 0 Å². The van der Waals surface area contributed by atoms with Crippen LogP contribution < -0.4 is 10.1 Å². The number of carbonyl (C=O) groups excluding carboxylic acids is 1. The third-order valence-electron chi connectivity index (χ3n) is 2.66. The van der Waals surface area contributed by atoms with E-state index in [2.05, 4.69) is 17.2 Å². The van der Waals surface area contributed by atoms with E-state index in [0.717, 1.165) is 0 Å². The van der Waals surface area contributed by atoms with Crippen molar-refractivity contribution in [3.05, 3.63) is 46.2 Å². The van der Waals surface area contributed by atoms with Gasteiger partial charge < -0.3 is 15.2 Å². The van der Waals surface area contributed by atoms with E-state index in [1.807, 2.05) is 17.5 Å². The molecule has 2 rings (SSSR count). The molecule has 0 unspecified atom stereocenters. The van der Waals surface area contributed by atoms with Gasteiger partial charge in [-0.15, -0.1) is 11.3 Å². The molecule has 1 aromatic carbocycles. The molecule has 0 aliphatic rings. The molecule has 108 valence electrons. The second kappa shape index (κ2) is 7.48. The molecule has 0 bridgehead atoms. The largest absolute Gasteiger partial charge is 0.497 e. The Morgan fingerprint density at radius 1 is 1.43 bits per heavy atom. The standard InChI is InChI=1S/C16H15NO3S/c1-20-14-7-4-6-13(11-14)17-16(19)15-12(8-10-21-15)5-2-3-9-18/h4,6-8,10-11,18H,3,9H2,1H3,(H,17,19). The van der Waals surface area contributed by atoms with Gasteiger partial charge in [-0.05, 0) is 23.6 Å². The van der Waals surface area contributed by atoms with Gasteiger partial charge in [-0.3, -0.25) is 4.79 Å². The van der Waals surface area contributed by atoms with Crippen LogP contribution >= 0.6 is 11.3 Å². The molecule has 1 heterocycles. The van der Waals surface area contributed by atoms with E-state index >= 15 is 0 Å². The highest BCUT2D eigenvalue weighted by molar-refractivity contribution is 7.12. The highest BCUT2D eigenvalue weighted by atomic mass is 32.1. The molecule has 0 atom stereocenters. The predicted molar refractivity (Wildman–Crippen MR) is 83.8 cm³/mol. The molecule has 0 spiro atoms. The molecule has 4 nitrogen and oxygen atoms in total. The second-order valence-corrected chi connectivity index (χ2v) is 5.04. The van der Waals surface area contributed by atoms with Crippen molar-refractivity contribution >= 4 is 22.9 Å². The molecule has 0 aliphatic heterocycles. The summed E-state index contributed by atoms with van der Waals surface area (Å²) in [5.74, 6) is 6.20. The summed E-state index contributed by atoms with van der Waals surface area (Å²) in [6.07, 6.45) is 0.396. The lowest BCUT2D eigenvalue weighted by Gasteiger charge is -2.06. The summed E-state index contributed by atoms with van der Waals surface area (Å²) in [6.45, 7) is 0.0163. The van der Waals surface area contributed by atoms with Gasteiger partial charge in [-0.1, -0.05) is 17.9 Å². The number of anilines is 1. The van der Waals surface area contributed by atoms with Crippen LogP contribution in [0.3, 0.4) is 0 Å². The number of methoxy groups -OCH3 is 1. The van der Waals surface area contributed by atoms with Gasteiger partial charge in [0.2, 0.25) is 0 Å².